The number of benzene rings is 9. The minimum absolute atomic E-state index is 0.118. The van der Waals surface area contributed by atoms with Crippen LogP contribution in [0.5, 0.6) is 0 Å². The van der Waals surface area contributed by atoms with Crippen LogP contribution >= 0.6 is 0 Å². The fourth-order valence-corrected chi connectivity index (χ4v) is 9.96. The number of rotatable bonds is 6. The largest absolute Gasteiger partial charge is 0.309 e. The summed E-state index contributed by atoms with van der Waals surface area (Å²) in [6, 6.07) is 76.6. The molecular weight excluding hydrogens is 751 g/mol. The average molecular weight is 792 g/mol. The maximum atomic E-state index is 5.28. The third-order valence-electron chi connectivity index (χ3n) is 13.0. The lowest BCUT2D eigenvalue weighted by molar-refractivity contribution is 0.661. The van der Waals surface area contributed by atoms with Crippen molar-refractivity contribution in [3.05, 3.63) is 223 Å². The maximum Gasteiger partial charge on any atom is 0.160 e. The lowest BCUT2D eigenvalue weighted by Crippen LogP contribution is -2.14. The first-order valence-corrected chi connectivity index (χ1v) is 21.4. The molecule has 0 bridgehead atoms. The first-order valence-electron chi connectivity index (χ1n) is 21.4. The normalized spacial score (nSPS) is 12.8. The molecule has 0 fully saturated rings. The van der Waals surface area contributed by atoms with Gasteiger partial charge in [0.15, 0.2) is 5.82 Å². The molecule has 0 saturated heterocycles. The molecule has 2 aromatic heterocycles. The summed E-state index contributed by atoms with van der Waals surface area (Å²) in [5.74, 6) is 0.698. The molecule has 0 aliphatic heterocycles. The molecule has 0 saturated carbocycles. The zero-order chi connectivity index (χ0) is 41.4. The van der Waals surface area contributed by atoms with Gasteiger partial charge in [-0.05, 0) is 98.2 Å². The van der Waals surface area contributed by atoms with Crippen LogP contribution in [0, 0.1) is 0 Å². The summed E-state index contributed by atoms with van der Waals surface area (Å²) < 4.78 is 2.40. The second kappa shape index (κ2) is 14.1. The highest BCUT2D eigenvalue weighted by Gasteiger charge is 2.37. The molecule has 1 aliphatic carbocycles. The minimum atomic E-state index is -0.118. The highest BCUT2D eigenvalue weighted by Crippen LogP contribution is 2.53. The third kappa shape index (κ3) is 5.73. The predicted molar refractivity (Wildman–Crippen MR) is 259 cm³/mol. The number of hydrogen-bond donors (Lipinski definition) is 0. The zero-order valence-electron chi connectivity index (χ0n) is 34.5. The van der Waals surface area contributed by atoms with Crippen LogP contribution in [0.2, 0.25) is 0 Å². The lowest BCUT2D eigenvalue weighted by atomic mass is 9.81. The average Bonchev–Trinajstić information content (AvgIpc) is 3.79. The number of aromatic nitrogens is 3. The number of para-hydroxylation sites is 3. The standard InChI is InChI=1S/C59H41N3/c1-59(2)51-31-16-28-46(56(51)50-35-39-19-9-10-20-40(39)36-52(50)59)41-21-13-23-43(33-41)53-37-54(61-58(60-53)38-17-5-3-6-18-38)44-24-14-22-42(34-44)47-29-15-30-49-48-27-11-12-32-55(48)62(57(47)49)45-25-7-4-8-26-45/h3-37H,1-2H3. The summed E-state index contributed by atoms with van der Waals surface area (Å²) in [5, 5.41) is 5.01. The van der Waals surface area contributed by atoms with Gasteiger partial charge in [-0.2, -0.15) is 0 Å². The van der Waals surface area contributed by atoms with E-state index in [2.05, 4.69) is 225 Å². The van der Waals surface area contributed by atoms with E-state index in [0.29, 0.717) is 5.82 Å². The molecule has 2 heterocycles. The number of hydrogen-bond acceptors (Lipinski definition) is 2. The van der Waals surface area contributed by atoms with Crippen molar-refractivity contribution in [3.8, 4) is 73.0 Å². The molecule has 1 aliphatic rings. The highest BCUT2D eigenvalue weighted by molar-refractivity contribution is 6.14. The van der Waals surface area contributed by atoms with Gasteiger partial charge < -0.3 is 4.57 Å². The van der Waals surface area contributed by atoms with Crippen LogP contribution in [0.3, 0.4) is 0 Å². The van der Waals surface area contributed by atoms with E-state index in [1.54, 1.807) is 0 Å². The minimum Gasteiger partial charge on any atom is -0.309 e. The second-order valence-electron chi connectivity index (χ2n) is 17.0. The van der Waals surface area contributed by atoms with Gasteiger partial charge in [0.1, 0.15) is 0 Å². The quantitative estimate of drug-likeness (QED) is 0.168. The van der Waals surface area contributed by atoms with Gasteiger partial charge in [0.05, 0.1) is 22.4 Å². The van der Waals surface area contributed by atoms with E-state index in [1.165, 1.54) is 71.5 Å². The first-order chi connectivity index (χ1) is 30.5. The molecule has 62 heavy (non-hydrogen) atoms. The molecule has 9 aromatic carbocycles. The van der Waals surface area contributed by atoms with Crippen molar-refractivity contribution in [2.45, 2.75) is 19.3 Å². The third-order valence-corrected chi connectivity index (χ3v) is 13.0. The Labute approximate surface area is 361 Å². The predicted octanol–water partition coefficient (Wildman–Crippen LogP) is 15.4. The van der Waals surface area contributed by atoms with E-state index >= 15 is 0 Å². The summed E-state index contributed by atoms with van der Waals surface area (Å²) in [4.78, 5) is 10.6. The summed E-state index contributed by atoms with van der Waals surface area (Å²) in [6.07, 6.45) is 0. The van der Waals surface area contributed by atoms with Gasteiger partial charge in [0, 0.05) is 44.1 Å². The van der Waals surface area contributed by atoms with Gasteiger partial charge in [0.25, 0.3) is 0 Å². The van der Waals surface area contributed by atoms with Crippen LogP contribution in [0.4, 0.5) is 0 Å². The van der Waals surface area contributed by atoms with Crippen LogP contribution in [-0.2, 0) is 5.41 Å². The van der Waals surface area contributed by atoms with Gasteiger partial charge in [-0.1, -0.05) is 178 Å². The molecule has 0 spiro atoms. The van der Waals surface area contributed by atoms with E-state index in [9.17, 15) is 0 Å². The molecule has 3 nitrogen and oxygen atoms in total. The van der Waals surface area contributed by atoms with Gasteiger partial charge in [-0.25, -0.2) is 9.97 Å². The van der Waals surface area contributed by atoms with E-state index < -0.39 is 0 Å². The van der Waals surface area contributed by atoms with Gasteiger partial charge in [-0.15, -0.1) is 0 Å². The highest BCUT2D eigenvalue weighted by atomic mass is 15.0. The van der Waals surface area contributed by atoms with Crippen LogP contribution in [0.25, 0.3) is 106 Å². The second-order valence-corrected chi connectivity index (χ2v) is 17.0. The number of fused-ring (bicyclic) bond motifs is 7. The molecule has 11 aromatic rings. The van der Waals surface area contributed by atoms with E-state index in [1.807, 2.05) is 6.07 Å². The molecular formula is C59H41N3. The van der Waals surface area contributed by atoms with Crippen LogP contribution in [0.1, 0.15) is 25.0 Å². The van der Waals surface area contributed by atoms with Crippen LogP contribution < -0.4 is 0 Å². The molecule has 0 amide bonds. The van der Waals surface area contributed by atoms with Crippen LogP contribution in [-0.4, -0.2) is 14.5 Å². The van der Waals surface area contributed by atoms with Crippen molar-refractivity contribution in [2.75, 3.05) is 0 Å². The fourth-order valence-electron chi connectivity index (χ4n) is 9.96. The Morgan fingerprint density at radius 2 is 0.935 bits per heavy atom. The Kier molecular flexibility index (Phi) is 8.20. The molecule has 0 radical (unpaired) electrons. The van der Waals surface area contributed by atoms with Crippen molar-refractivity contribution in [2.24, 2.45) is 0 Å². The Morgan fingerprint density at radius 1 is 0.387 bits per heavy atom. The number of nitrogens with zero attached hydrogens (tertiary/aromatic N) is 3. The van der Waals surface area contributed by atoms with Crippen molar-refractivity contribution in [3.63, 3.8) is 0 Å². The lowest BCUT2D eigenvalue weighted by Gasteiger charge is -2.22. The molecule has 292 valence electrons. The van der Waals surface area contributed by atoms with E-state index in [-0.39, 0.29) is 5.41 Å². The Bertz CT molecular complexity index is 3540. The fraction of sp³-hybridized carbons (Fsp3) is 0.0508. The SMILES string of the molecule is CC1(C)c2cc3ccccc3cc2-c2c(-c3cccc(-c4cc(-c5cccc(-c6cccc7c8ccccc8n(-c8ccccc8)c67)c5)nc(-c5ccccc5)n4)c3)cccc21. The molecule has 0 atom stereocenters. The summed E-state index contributed by atoms with van der Waals surface area (Å²) >= 11 is 0. The van der Waals surface area contributed by atoms with Crippen molar-refractivity contribution >= 4 is 32.6 Å². The summed E-state index contributed by atoms with van der Waals surface area (Å²) in [5.41, 5.74) is 18.3. The van der Waals surface area contributed by atoms with Gasteiger partial charge in [0.2, 0.25) is 0 Å². The molecule has 0 N–H and O–H groups in total. The smallest absolute Gasteiger partial charge is 0.160 e. The Balaban J connectivity index is 1.01. The summed E-state index contributed by atoms with van der Waals surface area (Å²) in [7, 11) is 0. The Hall–Kier alpha value is -7.88. The molecule has 0 unspecified atom stereocenters. The van der Waals surface area contributed by atoms with Crippen molar-refractivity contribution in [1.29, 1.82) is 0 Å². The van der Waals surface area contributed by atoms with E-state index in [0.717, 1.165) is 39.3 Å². The van der Waals surface area contributed by atoms with Crippen molar-refractivity contribution < 1.29 is 0 Å². The molecule has 12 rings (SSSR count). The summed E-state index contributed by atoms with van der Waals surface area (Å²) in [6.45, 7) is 4.72. The van der Waals surface area contributed by atoms with Gasteiger partial charge in [-0.3, -0.25) is 0 Å². The van der Waals surface area contributed by atoms with E-state index in [4.69, 9.17) is 9.97 Å². The van der Waals surface area contributed by atoms with Gasteiger partial charge >= 0.3 is 0 Å². The first kappa shape index (κ1) is 36.0. The van der Waals surface area contributed by atoms with Crippen LogP contribution in [0.15, 0.2) is 212 Å². The molecule has 3 heteroatoms. The zero-order valence-corrected chi connectivity index (χ0v) is 34.5. The maximum absolute atomic E-state index is 5.28. The monoisotopic (exact) mass is 791 g/mol. The van der Waals surface area contributed by atoms with Crippen molar-refractivity contribution in [1.82, 2.24) is 14.5 Å². The topological polar surface area (TPSA) is 30.7 Å². The Morgan fingerprint density at radius 3 is 1.68 bits per heavy atom.